The van der Waals surface area contributed by atoms with Crippen LogP contribution in [0.1, 0.15) is 50.2 Å². The standard InChI is InChI=1S/C19H12F9NO4/c1-3-32-16(31)11-12(8(2)13(18(23,24)25)29-14(11)19(26,27)28)33-15(30)9-6-4-5-7-10(9)17(20,21)22/h4-7H,3H2,1-2H3. The lowest BCUT2D eigenvalue weighted by molar-refractivity contribution is -0.151. The molecule has 1 aromatic heterocycles. The van der Waals surface area contributed by atoms with Gasteiger partial charge >= 0.3 is 30.5 Å². The lowest BCUT2D eigenvalue weighted by atomic mass is 10.0. The molecule has 2 aromatic rings. The zero-order valence-electron chi connectivity index (χ0n) is 16.5. The highest BCUT2D eigenvalue weighted by atomic mass is 19.4. The summed E-state index contributed by atoms with van der Waals surface area (Å²) in [5, 5.41) is 0. The molecule has 0 aliphatic heterocycles. The molecular formula is C19H12F9NO4. The predicted octanol–water partition coefficient (Wildman–Crippen LogP) is 5.84. The van der Waals surface area contributed by atoms with Crippen molar-refractivity contribution in [3.05, 3.63) is 57.9 Å². The van der Waals surface area contributed by atoms with Crippen LogP contribution in [-0.2, 0) is 23.3 Å². The van der Waals surface area contributed by atoms with Gasteiger partial charge in [0.1, 0.15) is 5.56 Å². The minimum absolute atomic E-state index is 0.449. The van der Waals surface area contributed by atoms with E-state index in [0.29, 0.717) is 19.1 Å². The van der Waals surface area contributed by atoms with E-state index < -0.39 is 76.5 Å². The number of ether oxygens (including phenoxy) is 2. The van der Waals surface area contributed by atoms with E-state index in [1.807, 2.05) is 0 Å². The van der Waals surface area contributed by atoms with Gasteiger partial charge in [0.2, 0.25) is 0 Å². The fourth-order valence-corrected chi connectivity index (χ4v) is 2.71. The van der Waals surface area contributed by atoms with E-state index in [2.05, 4.69) is 14.5 Å². The molecule has 0 saturated carbocycles. The molecule has 2 rings (SSSR count). The molecular weight excluding hydrogens is 477 g/mol. The Hall–Kier alpha value is -3.32. The summed E-state index contributed by atoms with van der Waals surface area (Å²) in [7, 11) is 0. The van der Waals surface area contributed by atoms with E-state index in [-0.39, 0.29) is 0 Å². The summed E-state index contributed by atoms with van der Waals surface area (Å²) < 4.78 is 129. The Morgan fingerprint density at radius 3 is 1.88 bits per heavy atom. The lowest BCUT2D eigenvalue weighted by Crippen LogP contribution is -2.25. The number of halogens is 9. The van der Waals surface area contributed by atoms with Crippen LogP contribution in [0.4, 0.5) is 39.5 Å². The number of pyridine rings is 1. The van der Waals surface area contributed by atoms with Crippen molar-refractivity contribution in [3.8, 4) is 5.75 Å². The quantitative estimate of drug-likeness (QED) is 0.399. The monoisotopic (exact) mass is 489 g/mol. The first-order chi connectivity index (χ1) is 15.0. The summed E-state index contributed by atoms with van der Waals surface area (Å²) in [5.74, 6) is -5.38. The summed E-state index contributed by atoms with van der Waals surface area (Å²) in [6.07, 6.45) is -16.3. The molecule has 1 aromatic carbocycles. The van der Waals surface area contributed by atoms with Crippen molar-refractivity contribution in [1.82, 2.24) is 4.98 Å². The molecule has 0 N–H and O–H groups in total. The van der Waals surface area contributed by atoms with Crippen molar-refractivity contribution in [2.75, 3.05) is 6.61 Å². The first-order valence-electron chi connectivity index (χ1n) is 8.74. The molecule has 5 nitrogen and oxygen atoms in total. The van der Waals surface area contributed by atoms with Crippen LogP contribution in [0.5, 0.6) is 5.75 Å². The third kappa shape index (κ3) is 5.54. The second kappa shape index (κ2) is 8.90. The minimum Gasteiger partial charge on any atom is -0.462 e. The van der Waals surface area contributed by atoms with Crippen molar-refractivity contribution < 1.29 is 58.6 Å². The molecule has 180 valence electrons. The second-order valence-electron chi connectivity index (χ2n) is 6.29. The van der Waals surface area contributed by atoms with E-state index in [0.717, 1.165) is 12.1 Å². The molecule has 0 saturated heterocycles. The van der Waals surface area contributed by atoms with Gasteiger partial charge in [-0.05, 0) is 26.0 Å². The van der Waals surface area contributed by atoms with Gasteiger partial charge in [-0.1, -0.05) is 12.1 Å². The molecule has 0 aliphatic carbocycles. The predicted molar refractivity (Wildman–Crippen MR) is 91.3 cm³/mol. The molecule has 14 heteroatoms. The van der Waals surface area contributed by atoms with Crippen LogP contribution in [0.25, 0.3) is 0 Å². The van der Waals surface area contributed by atoms with Crippen molar-refractivity contribution in [2.45, 2.75) is 32.4 Å². The molecule has 0 radical (unpaired) electrons. The van der Waals surface area contributed by atoms with Gasteiger partial charge in [0, 0.05) is 5.56 Å². The average molecular weight is 489 g/mol. The highest BCUT2D eigenvalue weighted by Crippen LogP contribution is 2.43. The average Bonchev–Trinajstić information content (AvgIpc) is 2.66. The van der Waals surface area contributed by atoms with Crippen LogP contribution in [0.3, 0.4) is 0 Å². The number of hydrogen-bond donors (Lipinski definition) is 0. The Kier molecular flexibility index (Phi) is 7.00. The number of rotatable bonds is 4. The Morgan fingerprint density at radius 1 is 0.848 bits per heavy atom. The number of esters is 2. The minimum atomic E-state index is -5.65. The van der Waals surface area contributed by atoms with E-state index in [1.165, 1.54) is 6.92 Å². The third-order valence-corrected chi connectivity index (χ3v) is 4.05. The normalized spacial score (nSPS) is 12.5. The van der Waals surface area contributed by atoms with Gasteiger partial charge in [-0.2, -0.15) is 39.5 Å². The summed E-state index contributed by atoms with van der Waals surface area (Å²) in [6.45, 7) is 1.18. The van der Waals surface area contributed by atoms with E-state index in [1.54, 1.807) is 0 Å². The molecule has 0 unspecified atom stereocenters. The van der Waals surface area contributed by atoms with Gasteiger partial charge in [0.05, 0.1) is 17.7 Å². The van der Waals surface area contributed by atoms with Crippen LogP contribution in [-0.4, -0.2) is 23.5 Å². The highest BCUT2D eigenvalue weighted by Gasteiger charge is 2.46. The summed E-state index contributed by atoms with van der Waals surface area (Å²) in [5.41, 5.74) is -10.2. The first kappa shape index (κ1) is 25.9. The Labute approximate surface area is 179 Å². The summed E-state index contributed by atoms with van der Waals surface area (Å²) in [6, 6.07) is 2.90. The molecule has 33 heavy (non-hydrogen) atoms. The van der Waals surface area contributed by atoms with Crippen LogP contribution in [0.2, 0.25) is 0 Å². The van der Waals surface area contributed by atoms with Gasteiger partial charge in [-0.25, -0.2) is 14.6 Å². The fourth-order valence-electron chi connectivity index (χ4n) is 2.71. The number of carbonyl (C=O) groups excluding carboxylic acids is 2. The Morgan fingerprint density at radius 2 is 1.39 bits per heavy atom. The van der Waals surface area contributed by atoms with Gasteiger partial charge < -0.3 is 9.47 Å². The van der Waals surface area contributed by atoms with Gasteiger partial charge in [0.25, 0.3) is 0 Å². The van der Waals surface area contributed by atoms with E-state index in [4.69, 9.17) is 0 Å². The SMILES string of the molecule is CCOC(=O)c1c(C(F)(F)F)nc(C(F)(F)F)c(C)c1OC(=O)c1ccccc1C(F)(F)F. The van der Waals surface area contributed by atoms with Gasteiger partial charge in [-0.15, -0.1) is 0 Å². The topological polar surface area (TPSA) is 65.5 Å². The summed E-state index contributed by atoms with van der Waals surface area (Å²) >= 11 is 0. The van der Waals surface area contributed by atoms with Crippen LogP contribution < -0.4 is 4.74 Å². The molecule has 0 spiro atoms. The summed E-state index contributed by atoms with van der Waals surface area (Å²) in [4.78, 5) is 27.1. The van der Waals surface area contributed by atoms with E-state index >= 15 is 0 Å². The maximum atomic E-state index is 13.5. The Bertz CT molecular complexity index is 1070. The maximum absolute atomic E-state index is 13.5. The van der Waals surface area contributed by atoms with Crippen molar-refractivity contribution >= 4 is 11.9 Å². The zero-order valence-corrected chi connectivity index (χ0v) is 16.5. The Balaban J connectivity index is 2.84. The third-order valence-electron chi connectivity index (χ3n) is 4.05. The number of aromatic nitrogens is 1. The number of carbonyl (C=O) groups is 2. The zero-order chi connectivity index (χ0) is 25.4. The number of hydrogen-bond acceptors (Lipinski definition) is 5. The molecule has 0 fully saturated rings. The lowest BCUT2D eigenvalue weighted by Gasteiger charge is -2.21. The fraction of sp³-hybridized carbons (Fsp3) is 0.316. The van der Waals surface area contributed by atoms with Crippen molar-refractivity contribution in [3.63, 3.8) is 0 Å². The number of benzene rings is 1. The first-order valence-corrected chi connectivity index (χ1v) is 8.74. The van der Waals surface area contributed by atoms with Crippen LogP contribution in [0.15, 0.2) is 24.3 Å². The number of nitrogens with zero attached hydrogens (tertiary/aromatic N) is 1. The van der Waals surface area contributed by atoms with Gasteiger partial charge in [0.15, 0.2) is 17.1 Å². The van der Waals surface area contributed by atoms with Gasteiger partial charge in [-0.3, -0.25) is 0 Å². The second-order valence-corrected chi connectivity index (χ2v) is 6.29. The van der Waals surface area contributed by atoms with Crippen molar-refractivity contribution in [2.24, 2.45) is 0 Å². The molecule has 0 aliphatic rings. The molecule has 0 atom stereocenters. The molecule has 1 heterocycles. The largest absolute Gasteiger partial charge is 0.462 e. The van der Waals surface area contributed by atoms with E-state index in [9.17, 15) is 49.1 Å². The maximum Gasteiger partial charge on any atom is 0.434 e. The number of alkyl halides is 9. The molecule has 0 amide bonds. The molecule has 0 bridgehead atoms. The van der Waals surface area contributed by atoms with Crippen LogP contribution in [0, 0.1) is 6.92 Å². The highest BCUT2D eigenvalue weighted by molar-refractivity contribution is 5.98. The van der Waals surface area contributed by atoms with Crippen molar-refractivity contribution in [1.29, 1.82) is 0 Å². The van der Waals surface area contributed by atoms with Crippen LogP contribution >= 0.6 is 0 Å². The smallest absolute Gasteiger partial charge is 0.434 e.